The van der Waals surface area contributed by atoms with E-state index in [1.165, 1.54) is 19.3 Å². The van der Waals surface area contributed by atoms with Crippen molar-refractivity contribution in [2.45, 2.75) is 45.1 Å². The van der Waals surface area contributed by atoms with E-state index < -0.39 is 5.97 Å². The number of carbonyl (C=O) groups is 2. The Morgan fingerprint density at radius 2 is 1.89 bits per heavy atom. The molecule has 100 valence electrons. The summed E-state index contributed by atoms with van der Waals surface area (Å²) in [6, 6.07) is -0.200. The lowest BCUT2D eigenvalue weighted by Gasteiger charge is -2.16. The standard InChI is InChI=1S/C14H21NO3/c1-2-9(6-10(16)17)15-14(18)13-11-7-3-4-8(5-7)12(11)13/h7-9,11-13H,2-6H2,1H3,(H,15,18)(H,16,17). The predicted octanol–water partition coefficient (Wildman–Crippen LogP) is 1.65. The van der Waals surface area contributed by atoms with Gasteiger partial charge in [-0.1, -0.05) is 6.92 Å². The van der Waals surface area contributed by atoms with Gasteiger partial charge in [0.25, 0.3) is 0 Å². The molecule has 3 rings (SSSR count). The lowest BCUT2D eigenvalue weighted by atomic mass is 10.0. The van der Waals surface area contributed by atoms with Gasteiger partial charge < -0.3 is 10.4 Å². The molecule has 4 nitrogen and oxygen atoms in total. The van der Waals surface area contributed by atoms with Crippen molar-refractivity contribution in [1.82, 2.24) is 5.32 Å². The highest BCUT2D eigenvalue weighted by molar-refractivity contribution is 5.83. The van der Waals surface area contributed by atoms with Crippen molar-refractivity contribution in [2.24, 2.45) is 29.6 Å². The minimum atomic E-state index is -0.835. The number of carbonyl (C=O) groups excluding carboxylic acids is 1. The summed E-state index contributed by atoms with van der Waals surface area (Å²) in [4.78, 5) is 22.9. The van der Waals surface area contributed by atoms with E-state index in [2.05, 4.69) is 5.32 Å². The molecule has 2 N–H and O–H groups in total. The highest BCUT2D eigenvalue weighted by Gasteiger charge is 2.67. The summed E-state index contributed by atoms with van der Waals surface area (Å²) in [5, 5.41) is 11.7. The van der Waals surface area contributed by atoms with Crippen LogP contribution in [0.4, 0.5) is 0 Å². The van der Waals surface area contributed by atoms with Gasteiger partial charge in [-0.05, 0) is 49.4 Å². The maximum atomic E-state index is 12.2. The zero-order valence-electron chi connectivity index (χ0n) is 10.8. The van der Waals surface area contributed by atoms with E-state index in [4.69, 9.17) is 5.11 Å². The Hall–Kier alpha value is -1.06. The Kier molecular flexibility index (Phi) is 2.83. The van der Waals surface area contributed by atoms with Crippen molar-refractivity contribution in [3.05, 3.63) is 0 Å². The fourth-order valence-electron chi connectivity index (χ4n) is 4.48. The number of hydrogen-bond acceptors (Lipinski definition) is 2. The van der Waals surface area contributed by atoms with Crippen LogP contribution in [0.15, 0.2) is 0 Å². The average molecular weight is 251 g/mol. The number of carboxylic acids is 1. The number of rotatable bonds is 5. The Labute approximate surface area is 107 Å². The summed E-state index contributed by atoms with van der Waals surface area (Å²) >= 11 is 0. The third-order valence-electron chi connectivity index (χ3n) is 5.30. The van der Waals surface area contributed by atoms with Gasteiger partial charge in [0.15, 0.2) is 0 Å². The molecule has 2 bridgehead atoms. The highest BCUT2D eigenvalue weighted by atomic mass is 16.4. The summed E-state index contributed by atoms with van der Waals surface area (Å²) in [5.74, 6) is 2.33. The molecule has 0 spiro atoms. The second kappa shape index (κ2) is 4.25. The average Bonchev–Trinajstić information content (AvgIpc) is 2.77. The Balaban J connectivity index is 1.55. The summed E-state index contributed by atoms with van der Waals surface area (Å²) in [6.07, 6.45) is 4.68. The van der Waals surface area contributed by atoms with Gasteiger partial charge in [-0.2, -0.15) is 0 Å². The molecule has 0 aromatic heterocycles. The van der Waals surface area contributed by atoms with Crippen molar-refractivity contribution >= 4 is 11.9 Å². The fourth-order valence-corrected chi connectivity index (χ4v) is 4.48. The van der Waals surface area contributed by atoms with Gasteiger partial charge in [-0.3, -0.25) is 9.59 Å². The van der Waals surface area contributed by atoms with Crippen LogP contribution < -0.4 is 5.32 Å². The van der Waals surface area contributed by atoms with Crippen LogP contribution in [-0.2, 0) is 9.59 Å². The first-order valence-electron chi connectivity index (χ1n) is 7.14. The van der Waals surface area contributed by atoms with Crippen LogP contribution in [0.25, 0.3) is 0 Å². The van der Waals surface area contributed by atoms with Gasteiger partial charge in [-0.25, -0.2) is 0 Å². The minimum absolute atomic E-state index is 0.0388. The first-order chi connectivity index (χ1) is 8.61. The second-order valence-corrected chi connectivity index (χ2v) is 6.23. The number of nitrogens with one attached hydrogen (secondary N) is 1. The minimum Gasteiger partial charge on any atom is -0.481 e. The van der Waals surface area contributed by atoms with Crippen molar-refractivity contribution in [3.63, 3.8) is 0 Å². The zero-order chi connectivity index (χ0) is 12.9. The lowest BCUT2D eigenvalue weighted by Crippen LogP contribution is -2.38. The smallest absolute Gasteiger partial charge is 0.305 e. The maximum absolute atomic E-state index is 12.2. The van der Waals surface area contributed by atoms with Crippen LogP contribution >= 0.6 is 0 Å². The number of fused-ring (bicyclic) bond motifs is 5. The molecule has 0 saturated heterocycles. The van der Waals surface area contributed by atoms with Gasteiger partial charge in [0.1, 0.15) is 0 Å². The van der Waals surface area contributed by atoms with E-state index in [-0.39, 0.29) is 24.3 Å². The van der Waals surface area contributed by atoms with Crippen LogP contribution in [0.5, 0.6) is 0 Å². The fraction of sp³-hybridized carbons (Fsp3) is 0.857. The first kappa shape index (κ1) is 12.0. The van der Waals surface area contributed by atoms with Crippen LogP contribution in [0.2, 0.25) is 0 Å². The summed E-state index contributed by atoms with van der Waals surface area (Å²) in [5.41, 5.74) is 0. The molecule has 3 saturated carbocycles. The van der Waals surface area contributed by atoms with E-state index in [0.29, 0.717) is 18.3 Å². The zero-order valence-corrected chi connectivity index (χ0v) is 10.8. The third-order valence-corrected chi connectivity index (χ3v) is 5.30. The maximum Gasteiger partial charge on any atom is 0.305 e. The summed E-state index contributed by atoms with van der Waals surface area (Å²) < 4.78 is 0. The molecule has 5 atom stereocenters. The molecule has 1 amide bonds. The van der Waals surface area contributed by atoms with E-state index >= 15 is 0 Å². The van der Waals surface area contributed by atoms with Gasteiger partial charge in [0.2, 0.25) is 5.91 Å². The molecule has 3 fully saturated rings. The van der Waals surface area contributed by atoms with Crippen molar-refractivity contribution in [2.75, 3.05) is 0 Å². The molecular weight excluding hydrogens is 230 g/mol. The molecular formula is C14H21NO3. The van der Waals surface area contributed by atoms with Gasteiger partial charge in [0, 0.05) is 12.0 Å². The molecule has 3 aliphatic carbocycles. The molecule has 4 heteroatoms. The number of carboxylic acid groups (broad SMARTS) is 1. The van der Waals surface area contributed by atoms with Crippen molar-refractivity contribution in [3.8, 4) is 0 Å². The molecule has 0 radical (unpaired) electrons. The highest BCUT2D eigenvalue weighted by Crippen LogP contribution is 2.69. The van der Waals surface area contributed by atoms with E-state index in [1.54, 1.807) is 0 Å². The van der Waals surface area contributed by atoms with Crippen LogP contribution in [-0.4, -0.2) is 23.0 Å². The van der Waals surface area contributed by atoms with Gasteiger partial charge >= 0.3 is 5.97 Å². The quantitative estimate of drug-likeness (QED) is 0.780. The van der Waals surface area contributed by atoms with E-state index in [1.807, 2.05) is 6.92 Å². The number of aliphatic carboxylic acids is 1. The van der Waals surface area contributed by atoms with Crippen LogP contribution in [0.1, 0.15) is 39.0 Å². The molecule has 3 aliphatic rings. The SMILES string of the molecule is CCC(CC(=O)O)NC(=O)C1C2C3CCC(C3)C12. The molecule has 0 aliphatic heterocycles. The molecule has 18 heavy (non-hydrogen) atoms. The number of hydrogen-bond donors (Lipinski definition) is 2. The normalized spacial score (nSPS) is 41.3. The Morgan fingerprint density at radius 1 is 1.28 bits per heavy atom. The monoisotopic (exact) mass is 251 g/mol. The predicted molar refractivity (Wildman–Crippen MR) is 65.8 cm³/mol. The number of amides is 1. The molecule has 0 aromatic carbocycles. The molecule has 0 aromatic rings. The summed E-state index contributed by atoms with van der Waals surface area (Å²) in [7, 11) is 0. The largest absolute Gasteiger partial charge is 0.481 e. The van der Waals surface area contributed by atoms with Gasteiger partial charge in [0.05, 0.1) is 6.42 Å². The van der Waals surface area contributed by atoms with E-state index in [9.17, 15) is 9.59 Å². The molecule has 0 heterocycles. The summed E-state index contributed by atoms with van der Waals surface area (Å²) in [6.45, 7) is 1.92. The van der Waals surface area contributed by atoms with Crippen molar-refractivity contribution in [1.29, 1.82) is 0 Å². The second-order valence-electron chi connectivity index (χ2n) is 6.23. The Bertz CT molecular complexity index is 365. The van der Waals surface area contributed by atoms with Crippen molar-refractivity contribution < 1.29 is 14.7 Å². The lowest BCUT2D eigenvalue weighted by molar-refractivity contribution is -0.137. The molecule has 5 unspecified atom stereocenters. The van der Waals surface area contributed by atoms with Crippen LogP contribution in [0, 0.1) is 29.6 Å². The van der Waals surface area contributed by atoms with E-state index in [0.717, 1.165) is 11.8 Å². The first-order valence-corrected chi connectivity index (χ1v) is 7.14. The topological polar surface area (TPSA) is 66.4 Å². The van der Waals surface area contributed by atoms with Gasteiger partial charge in [-0.15, -0.1) is 0 Å². The van der Waals surface area contributed by atoms with Crippen LogP contribution in [0.3, 0.4) is 0 Å². The third kappa shape index (κ3) is 1.82. The Morgan fingerprint density at radius 3 is 2.39 bits per heavy atom.